The third-order valence-electron chi connectivity index (χ3n) is 4.11. The molecule has 1 aromatic carbocycles. The van der Waals surface area contributed by atoms with Crippen molar-refractivity contribution in [1.29, 1.82) is 0 Å². The molecule has 8 nitrogen and oxygen atoms in total. The zero-order valence-electron chi connectivity index (χ0n) is 13.9. The van der Waals surface area contributed by atoms with Crippen molar-refractivity contribution in [2.75, 3.05) is 58.3 Å². The van der Waals surface area contributed by atoms with Crippen LogP contribution in [0.15, 0.2) is 24.3 Å². The summed E-state index contributed by atoms with van der Waals surface area (Å²) < 4.78 is 5.08. The number of ether oxygens (including phenoxy) is 1. The largest absolute Gasteiger partial charge is 0.383 e. The molecule has 1 fully saturated rings. The van der Waals surface area contributed by atoms with Gasteiger partial charge in [0.2, 0.25) is 5.91 Å². The second-order valence-corrected chi connectivity index (χ2v) is 5.75. The maximum absolute atomic E-state index is 12.0. The monoisotopic (exact) mass is 336 g/mol. The van der Waals surface area contributed by atoms with Gasteiger partial charge in [-0.3, -0.25) is 19.8 Å². The van der Waals surface area contributed by atoms with Gasteiger partial charge in [-0.05, 0) is 6.07 Å². The Morgan fingerprint density at radius 3 is 2.46 bits per heavy atom. The van der Waals surface area contributed by atoms with Crippen molar-refractivity contribution in [2.45, 2.75) is 6.42 Å². The highest BCUT2D eigenvalue weighted by molar-refractivity contribution is 5.93. The molecule has 1 aliphatic heterocycles. The van der Waals surface area contributed by atoms with Crippen LogP contribution in [-0.4, -0.2) is 73.6 Å². The van der Waals surface area contributed by atoms with Gasteiger partial charge in [0.25, 0.3) is 5.69 Å². The van der Waals surface area contributed by atoms with E-state index < -0.39 is 4.92 Å². The molecule has 2 rings (SSSR count). The Kier molecular flexibility index (Phi) is 7.10. The fourth-order valence-corrected chi connectivity index (χ4v) is 2.67. The topological polar surface area (TPSA) is 88.0 Å². The lowest BCUT2D eigenvalue weighted by Crippen LogP contribution is -2.47. The van der Waals surface area contributed by atoms with Crippen LogP contribution < -0.4 is 5.32 Å². The van der Waals surface area contributed by atoms with Gasteiger partial charge in [0.15, 0.2) is 0 Å². The molecule has 0 spiro atoms. The van der Waals surface area contributed by atoms with Crippen molar-refractivity contribution in [2.24, 2.45) is 0 Å². The smallest absolute Gasteiger partial charge is 0.292 e. The van der Waals surface area contributed by atoms with Crippen LogP contribution in [0.1, 0.15) is 6.42 Å². The molecule has 1 amide bonds. The zero-order valence-corrected chi connectivity index (χ0v) is 13.9. The van der Waals surface area contributed by atoms with E-state index in [0.717, 1.165) is 39.3 Å². The van der Waals surface area contributed by atoms with Crippen molar-refractivity contribution < 1.29 is 14.5 Å². The molecule has 1 aliphatic rings. The minimum absolute atomic E-state index is 0.0855. The number of carbonyl (C=O) groups is 1. The molecule has 0 bridgehead atoms. The van der Waals surface area contributed by atoms with Gasteiger partial charge in [0.1, 0.15) is 5.69 Å². The van der Waals surface area contributed by atoms with E-state index in [1.165, 1.54) is 6.07 Å². The molecular weight excluding hydrogens is 312 g/mol. The Morgan fingerprint density at radius 1 is 1.21 bits per heavy atom. The summed E-state index contributed by atoms with van der Waals surface area (Å²) in [5.74, 6) is -0.203. The number of para-hydroxylation sites is 2. The number of anilines is 1. The Hall–Kier alpha value is -2.03. The first kappa shape index (κ1) is 18.3. The van der Waals surface area contributed by atoms with Gasteiger partial charge >= 0.3 is 0 Å². The summed E-state index contributed by atoms with van der Waals surface area (Å²) in [6.45, 7) is 6.10. The minimum Gasteiger partial charge on any atom is -0.383 e. The minimum atomic E-state index is -0.491. The molecule has 24 heavy (non-hydrogen) atoms. The maximum atomic E-state index is 12.0. The number of benzene rings is 1. The van der Waals surface area contributed by atoms with Gasteiger partial charge in [-0.25, -0.2) is 0 Å². The highest BCUT2D eigenvalue weighted by atomic mass is 16.6. The molecule has 0 aliphatic carbocycles. The van der Waals surface area contributed by atoms with E-state index in [2.05, 4.69) is 15.1 Å². The highest BCUT2D eigenvalue weighted by Gasteiger charge is 2.18. The number of nitrogens with one attached hydrogen (secondary N) is 1. The Morgan fingerprint density at radius 2 is 1.83 bits per heavy atom. The van der Waals surface area contributed by atoms with E-state index in [-0.39, 0.29) is 17.3 Å². The average molecular weight is 336 g/mol. The summed E-state index contributed by atoms with van der Waals surface area (Å²) >= 11 is 0. The van der Waals surface area contributed by atoms with Crippen LogP contribution in [0.2, 0.25) is 0 Å². The first-order chi connectivity index (χ1) is 11.6. The van der Waals surface area contributed by atoms with E-state index in [9.17, 15) is 14.9 Å². The van der Waals surface area contributed by atoms with Crippen LogP contribution in [0.4, 0.5) is 11.4 Å². The van der Waals surface area contributed by atoms with E-state index in [4.69, 9.17) is 4.74 Å². The molecule has 0 radical (unpaired) electrons. The third-order valence-corrected chi connectivity index (χ3v) is 4.11. The van der Waals surface area contributed by atoms with Crippen LogP contribution in [0.3, 0.4) is 0 Å². The molecule has 1 saturated heterocycles. The summed E-state index contributed by atoms with van der Waals surface area (Å²) in [6, 6.07) is 6.18. The first-order valence-electron chi connectivity index (χ1n) is 8.07. The molecule has 1 heterocycles. The van der Waals surface area contributed by atoms with Crippen molar-refractivity contribution in [3.05, 3.63) is 34.4 Å². The van der Waals surface area contributed by atoms with E-state index in [1.54, 1.807) is 25.3 Å². The van der Waals surface area contributed by atoms with Crippen LogP contribution in [0.25, 0.3) is 0 Å². The molecule has 8 heteroatoms. The van der Waals surface area contributed by atoms with Gasteiger partial charge in [-0.15, -0.1) is 0 Å². The SMILES string of the molecule is COCCN1CCN(CCC(=O)Nc2ccccc2[N+](=O)[O-])CC1. The number of hydrogen-bond donors (Lipinski definition) is 1. The predicted molar refractivity (Wildman–Crippen MR) is 91.1 cm³/mol. The van der Waals surface area contributed by atoms with Crippen molar-refractivity contribution in [1.82, 2.24) is 9.80 Å². The molecule has 0 saturated carbocycles. The molecule has 1 aromatic rings. The van der Waals surface area contributed by atoms with Crippen molar-refractivity contribution in [3.8, 4) is 0 Å². The number of carbonyl (C=O) groups excluding carboxylic acids is 1. The fourth-order valence-electron chi connectivity index (χ4n) is 2.67. The van der Waals surface area contributed by atoms with E-state index in [0.29, 0.717) is 13.0 Å². The standard InChI is InChI=1S/C16H24N4O4/c1-24-13-12-19-10-8-18(9-11-19)7-6-16(21)17-14-4-2-3-5-15(14)20(22)23/h2-5H,6-13H2,1H3,(H,17,21). The summed E-state index contributed by atoms with van der Waals surface area (Å²) in [4.78, 5) is 27.1. The molecular formula is C16H24N4O4. The first-order valence-corrected chi connectivity index (χ1v) is 8.07. The van der Waals surface area contributed by atoms with Crippen LogP contribution in [0, 0.1) is 10.1 Å². The summed E-state index contributed by atoms with van der Waals surface area (Å²) in [7, 11) is 1.70. The highest BCUT2D eigenvalue weighted by Crippen LogP contribution is 2.23. The number of nitro benzene ring substituents is 1. The number of nitro groups is 1. The Labute approximate surface area is 141 Å². The van der Waals surface area contributed by atoms with Crippen LogP contribution in [-0.2, 0) is 9.53 Å². The number of rotatable bonds is 8. The fraction of sp³-hybridized carbons (Fsp3) is 0.562. The molecule has 0 atom stereocenters. The number of nitrogens with zero attached hydrogens (tertiary/aromatic N) is 3. The predicted octanol–water partition coefficient (Wildman–Crippen LogP) is 1.19. The molecule has 132 valence electrons. The zero-order chi connectivity index (χ0) is 17.4. The second kappa shape index (κ2) is 9.31. The van der Waals surface area contributed by atoms with Crippen molar-refractivity contribution in [3.63, 3.8) is 0 Å². The van der Waals surface area contributed by atoms with Crippen LogP contribution >= 0.6 is 0 Å². The quantitative estimate of drug-likeness (QED) is 0.567. The van der Waals surface area contributed by atoms with Gasteiger partial charge in [-0.2, -0.15) is 0 Å². The lowest BCUT2D eigenvalue weighted by atomic mass is 10.2. The summed E-state index contributed by atoms with van der Waals surface area (Å²) in [6.07, 6.45) is 0.324. The number of hydrogen-bond acceptors (Lipinski definition) is 6. The van der Waals surface area contributed by atoms with Gasteiger partial charge in [0, 0.05) is 58.9 Å². The van der Waals surface area contributed by atoms with Crippen LogP contribution in [0.5, 0.6) is 0 Å². The summed E-state index contributed by atoms with van der Waals surface area (Å²) in [5, 5.41) is 13.6. The lowest BCUT2D eigenvalue weighted by molar-refractivity contribution is -0.383. The Balaban J connectivity index is 1.74. The van der Waals surface area contributed by atoms with Gasteiger partial charge in [-0.1, -0.05) is 12.1 Å². The number of amides is 1. The third kappa shape index (κ3) is 5.55. The summed E-state index contributed by atoms with van der Waals surface area (Å²) in [5.41, 5.74) is 0.162. The second-order valence-electron chi connectivity index (χ2n) is 5.75. The average Bonchev–Trinajstić information content (AvgIpc) is 2.59. The van der Waals surface area contributed by atoms with E-state index >= 15 is 0 Å². The molecule has 0 unspecified atom stereocenters. The number of methoxy groups -OCH3 is 1. The lowest BCUT2D eigenvalue weighted by Gasteiger charge is -2.34. The van der Waals surface area contributed by atoms with Gasteiger partial charge < -0.3 is 15.0 Å². The number of piperazine rings is 1. The molecule has 1 N–H and O–H groups in total. The van der Waals surface area contributed by atoms with E-state index in [1.807, 2.05) is 0 Å². The van der Waals surface area contributed by atoms with Crippen molar-refractivity contribution >= 4 is 17.3 Å². The maximum Gasteiger partial charge on any atom is 0.292 e. The molecule has 0 aromatic heterocycles. The van der Waals surface area contributed by atoms with Gasteiger partial charge in [0.05, 0.1) is 11.5 Å². The Bertz CT molecular complexity index is 559. The normalized spacial score (nSPS) is 16.0.